The number of carbonyl (C=O) groups is 1. The largest absolute Gasteiger partial charge is 0.363 e. The molecule has 23 heavy (non-hydrogen) atoms. The molecule has 0 bridgehead atoms. The van der Waals surface area contributed by atoms with Crippen molar-refractivity contribution in [2.75, 3.05) is 13.1 Å². The first-order chi connectivity index (χ1) is 11.2. The molecule has 2 aromatic rings. The number of amides is 1. The molecule has 1 amide bonds. The predicted octanol–water partition coefficient (Wildman–Crippen LogP) is 0.550. The number of primary amides is 1. The van der Waals surface area contributed by atoms with Crippen LogP contribution in [0.4, 0.5) is 0 Å². The van der Waals surface area contributed by atoms with E-state index in [4.69, 9.17) is 10.3 Å². The normalized spacial score (nSPS) is 19.1. The van der Waals surface area contributed by atoms with Gasteiger partial charge in [-0.15, -0.1) is 5.10 Å². The molecule has 1 atom stereocenters. The molecule has 124 valence electrons. The van der Waals surface area contributed by atoms with Gasteiger partial charge in [0, 0.05) is 13.0 Å². The van der Waals surface area contributed by atoms with Crippen LogP contribution in [0.2, 0.25) is 0 Å². The van der Waals surface area contributed by atoms with E-state index in [0.29, 0.717) is 12.4 Å². The van der Waals surface area contributed by atoms with Crippen molar-refractivity contribution in [3.63, 3.8) is 0 Å². The van der Waals surface area contributed by atoms with Gasteiger partial charge in [0.05, 0.1) is 12.6 Å². The van der Waals surface area contributed by atoms with Gasteiger partial charge in [0.1, 0.15) is 6.33 Å². The van der Waals surface area contributed by atoms with Crippen LogP contribution in [0.5, 0.6) is 0 Å². The maximum Gasteiger partial charge on any atom is 0.288 e. The van der Waals surface area contributed by atoms with Gasteiger partial charge in [-0.25, -0.2) is 9.67 Å². The smallest absolute Gasteiger partial charge is 0.288 e. The third-order valence-corrected chi connectivity index (χ3v) is 3.93. The molecule has 2 aromatic heterocycles. The van der Waals surface area contributed by atoms with Crippen LogP contribution in [-0.4, -0.2) is 48.8 Å². The number of aromatic nitrogens is 5. The Hall–Kier alpha value is -2.29. The molecule has 3 rings (SSSR count). The van der Waals surface area contributed by atoms with Gasteiger partial charge in [-0.2, -0.15) is 4.98 Å². The lowest BCUT2D eigenvalue weighted by Crippen LogP contribution is -2.36. The van der Waals surface area contributed by atoms with E-state index in [1.165, 1.54) is 0 Å². The molecule has 9 heteroatoms. The van der Waals surface area contributed by atoms with Crippen LogP contribution >= 0.6 is 0 Å². The van der Waals surface area contributed by atoms with Crippen molar-refractivity contribution in [1.29, 1.82) is 0 Å². The molecule has 3 heterocycles. The van der Waals surface area contributed by atoms with E-state index in [-0.39, 0.29) is 11.9 Å². The van der Waals surface area contributed by atoms with Gasteiger partial charge in [-0.3, -0.25) is 9.69 Å². The molecule has 9 nitrogen and oxygen atoms in total. The standard InChI is InChI=1S/C14H21N7O2/c1-2-4-11-17-12(23-19-11)8-20-6-3-5-10(7-20)21-9-16-14(18-21)13(15)22/h9-10H,2-8H2,1H3,(H2,15,22)/t10-/m1/s1. The topological polar surface area (TPSA) is 116 Å². The second-order valence-electron chi connectivity index (χ2n) is 5.80. The zero-order chi connectivity index (χ0) is 16.2. The number of rotatable bonds is 6. The summed E-state index contributed by atoms with van der Waals surface area (Å²) in [6, 6.07) is 0.169. The van der Waals surface area contributed by atoms with E-state index >= 15 is 0 Å². The number of carbonyl (C=O) groups excluding carboxylic acids is 1. The van der Waals surface area contributed by atoms with Crippen molar-refractivity contribution in [2.45, 2.75) is 45.2 Å². The molecule has 1 fully saturated rings. The van der Waals surface area contributed by atoms with E-state index in [2.05, 4.69) is 32.0 Å². The van der Waals surface area contributed by atoms with Crippen LogP contribution in [-0.2, 0) is 13.0 Å². The minimum absolute atomic E-state index is 0.0585. The van der Waals surface area contributed by atoms with Crippen LogP contribution in [0, 0.1) is 0 Å². The summed E-state index contributed by atoms with van der Waals surface area (Å²) >= 11 is 0. The lowest BCUT2D eigenvalue weighted by molar-refractivity contribution is 0.0988. The lowest BCUT2D eigenvalue weighted by Gasteiger charge is -2.31. The second kappa shape index (κ2) is 6.86. The molecule has 0 aliphatic carbocycles. The fourth-order valence-corrected chi connectivity index (χ4v) is 2.83. The van der Waals surface area contributed by atoms with Gasteiger partial charge in [-0.05, 0) is 25.8 Å². The third-order valence-electron chi connectivity index (χ3n) is 3.93. The molecule has 0 spiro atoms. The number of likely N-dealkylation sites (tertiary alicyclic amines) is 1. The lowest BCUT2D eigenvalue weighted by atomic mass is 10.1. The number of aryl methyl sites for hydroxylation is 1. The van der Waals surface area contributed by atoms with Crippen LogP contribution in [0.15, 0.2) is 10.9 Å². The summed E-state index contributed by atoms with van der Waals surface area (Å²) in [6.45, 7) is 4.49. The van der Waals surface area contributed by atoms with E-state index in [9.17, 15) is 4.79 Å². The number of hydrogen-bond donors (Lipinski definition) is 1. The van der Waals surface area contributed by atoms with Crippen LogP contribution in [0.25, 0.3) is 0 Å². The minimum atomic E-state index is -0.606. The first-order valence-electron chi connectivity index (χ1n) is 7.90. The van der Waals surface area contributed by atoms with Crippen molar-refractivity contribution < 1.29 is 9.32 Å². The van der Waals surface area contributed by atoms with Gasteiger partial charge < -0.3 is 10.3 Å². The van der Waals surface area contributed by atoms with Gasteiger partial charge in [0.25, 0.3) is 5.91 Å². The number of piperidine rings is 1. The maximum absolute atomic E-state index is 11.1. The molecule has 1 aliphatic rings. The van der Waals surface area contributed by atoms with Crippen LogP contribution in [0.3, 0.4) is 0 Å². The van der Waals surface area contributed by atoms with Crippen LogP contribution < -0.4 is 5.73 Å². The van der Waals surface area contributed by atoms with Crippen molar-refractivity contribution in [3.8, 4) is 0 Å². The fourth-order valence-electron chi connectivity index (χ4n) is 2.83. The highest BCUT2D eigenvalue weighted by Gasteiger charge is 2.24. The van der Waals surface area contributed by atoms with Crippen molar-refractivity contribution in [1.82, 2.24) is 29.8 Å². The molecule has 1 saturated heterocycles. The molecule has 0 radical (unpaired) electrons. The van der Waals surface area contributed by atoms with Gasteiger partial charge in [-0.1, -0.05) is 12.1 Å². The molecule has 0 aromatic carbocycles. The summed E-state index contributed by atoms with van der Waals surface area (Å²) in [5.41, 5.74) is 5.20. The van der Waals surface area contributed by atoms with Crippen LogP contribution in [0.1, 0.15) is 54.6 Å². The molecule has 1 aliphatic heterocycles. The Kier molecular flexibility index (Phi) is 4.65. The SMILES string of the molecule is CCCc1noc(CN2CCC[C@@H](n3cnc(C(N)=O)n3)C2)n1. The number of nitrogens with two attached hydrogens (primary N) is 1. The molecular formula is C14H21N7O2. The first kappa shape index (κ1) is 15.6. The Morgan fingerprint density at radius 2 is 2.39 bits per heavy atom. The quantitative estimate of drug-likeness (QED) is 0.826. The van der Waals surface area contributed by atoms with E-state index in [1.54, 1.807) is 11.0 Å². The molecular weight excluding hydrogens is 298 g/mol. The summed E-state index contributed by atoms with van der Waals surface area (Å²) in [7, 11) is 0. The summed E-state index contributed by atoms with van der Waals surface area (Å²) in [4.78, 5) is 21.7. The monoisotopic (exact) mass is 319 g/mol. The van der Waals surface area contributed by atoms with Gasteiger partial charge in [0.2, 0.25) is 11.7 Å². The second-order valence-corrected chi connectivity index (χ2v) is 5.80. The van der Waals surface area contributed by atoms with Gasteiger partial charge in [0.15, 0.2) is 5.82 Å². The Bertz CT molecular complexity index is 666. The number of nitrogens with zero attached hydrogens (tertiary/aromatic N) is 6. The zero-order valence-electron chi connectivity index (χ0n) is 13.2. The van der Waals surface area contributed by atoms with E-state index in [0.717, 1.165) is 44.6 Å². The molecule has 0 unspecified atom stereocenters. The highest BCUT2D eigenvalue weighted by Crippen LogP contribution is 2.21. The van der Waals surface area contributed by atoms with Gasteiger partial charge >= 0.3 is 0 Å². The summed E-state index contributed by atoms with van der Waals surface area (Å²) in [5.74, 6) is 0.859. The summed E-state index contributed by atoms with van der Waals surface area (Å²) < 4.78 is 7.02. The molecule has 0 saturated carbocycles. The van der Waals surface area contributed by atoms with E-state index < -0.39 is 5.91 Å². The Balaban J connectivity index is 1.61. The summed E-state index contributed by atoms with van der Waals surface area (Å²) in [5, 5.41) is 8.14. The Labute approximate surface area is 133 Å². The third kappa shape index (κ3) is 3.73. The Morgan fingerprint density at radius 3 is 3.13 bits per heavy atom. The highest BCUT2D eigenvalue weighted by molar-refractivity contribution is 5.88. The fraction of sp³-hybridized carbons (Fsp3) is 0.643. The first-order valence-corrected chi connectivity index (χ1v) is 7.90. The Morgan fingerprint density at radius 1 is 1.52 bits per heavy atom. The minimum Gasteiger partial charge on any atom is -0.363 e. The average Bonchev–Trinajstić information content (AvgIpc) is 3.17. The van der Waals surface area contributed by atoms with Crippen molar-refractivity contribution in [2.24, 2.45) is 5.73 Å². The van der Waals surface area contributed by atoms with Crippen molar-refractivity contribution in [3.05, 3.63) is 23.9 Å². The predicted molar refractivity (Wildman–Crippen MR) is 80.4 cm³/mol. The maximum atomic E-state index is 11.1. The molecule has 2 N–H and O–H groups in total. The number of hydrogen-bond acceptors (Lipinski definition) is 7. The average molecular weight is 319 g/mol. The van der Waals surface area contributed by atoms with E-state index in [1.807, 2.05) is 0 Å². The van der Waals surface area contributed by atoms with Crippen molar-refractivity contribution >= 4 is 5.91 Å². The zero-order valence-corrected chi connectivity index (χ0v) is 13.2. The summed E-state index contributed by atoms with van der Waals surface area (Å²) in [6.07, 6.45) is 5.43. The highest BCUT2D eigenvalue weighted by atomic mass is 16.5.